The third-order valence-corrected chi connectivity index (χ3v) is 5.53. The van der Waals surface area contributed by atoms with Crippen molar-refractivity contribution in [3.05, 3.63) is 29.6 Å². The molecule has 1 saturated carbocycles. The van der Waals surface area contributed by atoms with Crippen LogP contribution >= 0.6 is 0 Å². The summed E-state index contributed by atoms with van der Waals surface area (Å²) in [6.45, 7) is 15.5. The first-order valence-electron chi connectivity index (χ1n) is 10.9. The highest BCUT2D eigenvalue weighted by Gasteiger charge is 2.42. The van der Waals surface area contributed by atoms with E-state index >= 15 is 0 Å². The minimum absolute atomic E-state index is 0.0115. The fourth-order valence-corrected chi connectivity index (χ4v) is 4.67. The smallest absolute Gasteiger partial charge is 0.407 e. The maximum Gasteiger partial charge on any atom is 0.407 e. The van der Waals surface area contributed by atoms with Crippen molar-refractivity contribution in [1.82, 2.24) is 20.4 Å². The van der Waals surface area contributed by atoms with Crippen LogP contribution in [0.3, 0.4) is 0 Å². The van der Waals surface area contributed by atoms with Crippen LogP contribution < -0.4 is 10.6 Å². The molecule has 1 aromatic heterocycles. The average Bonchev–Trinajstić information content (AvgIpc) is 3.00. The highest BCUT2D eigenvalue weighted by atomic mass is 16.6. The topological polar surface area (TPSA) is 112 Å². The van der Waals surface area contributed by atoms with Gasteiger partial charge in [-0.2, -0.15) is 9.78 Å². The molecule has 32 heavy (non-hydrogen) atoms. The van der Waals surface area contributed by atoms with E-state index < -0.39 is 12.1 Å². The Morgan fingerprint density at radius 3 is 2.44 bits per heavy atom. The van der Waals surface area contributed by atoms with Gasteiger partial charge in [0.1, 0.15) is 13.2 Å². The third kappa shape index (κ3) is 7.39. The first kappa shape index (κ1) is 25.4. The monoisotopic (exact) mass is 448 g/mol. The summed E-state index contributed by atoms with van der Waals surface area (Å²) in [7, 11) is 0. The van der Waals surface area contributed by atoms with E-state index in [0.29, 0.717) is 12.1 Å². The molecular formula is C23H36N4O5. The average molecular weight is 449 g/mol. The van der Waals surface area contributed by atoms with Crippen LogP contribution in [0, 0.1) is 24.7 Å². The van der Waals surface area contributed by atoms with E-state index in [0.717, 1.165) is 30.7 Å². The molecule has 0 bridgehead atoms. The number of carbonyl (C=O) groups is 3. The molecule has 9 nitrogen and oxygen atoms in total. The summed E-state index contributed by atoms with van der Waals surface area (Å²) in [5.41, 5.74) is 1.64. The van der Waals surface area contributed by atoms with Gasteiger partial charge in [0.05, 0.1) is 5.69 Å². The van der Waals surface area contributed by atoms with Crippen LogP contribution in [0.4, 0.5) is 9.59 Å². The number of amides is 2. The highest BCUT2D eigenvalue weighted by Crippen LogP contribution is 2.45. The number of nitrogens with one attached hydrogen (secondary N) is 2. The van der Waals surface area contributed by atoms with E-state index in [2.05, 4.69) is 43.1 Å². The number of rotatable bonds is 7. The molecule has 2 N–H and O–H groups in total. The van der Waals surface area contributed by atoms with Gasteiger partial charge in [-0.15, -0.1) is 0 Å². The SMILES string of the molecule is C=C(C)C(=O)OCCOC(=O)NCC1(C)CC(NC(=O)n2nc(C)cc2C)CC(C)(C)C1. The second-order valence-electron chi connectivity index (χ2n) is 9.95. The number of esters is 1. The summed E-state index contributed by atoms with van der Waals surface area (Å²) in [6, 6.07) is 1.58. The van der Waals surface area contributed by atoms with Gasteiger partial charge in [0.15, 0.2) is 0 Å². The van der Waals surface area contributed by atoms with E-state index in [1.54, 1.807) is 6.92 Å². The van der Waals surface area contributed by atoms with Crippen LogP contribution in [-0.4, -0.2) is 53.7 Å². The number of ether oxygens (including phenoxy) is 2. The summed E-state index contributed by atoms with van der Waals surface area (Å²) in [4.78, 5) is 36.1. The Bertz CT molecular complexity index is 876. The second-order valence-corrected chi connectivity index (χ2v) is 9.95. The number of carbonyl (C=O) groups excluding carboxylic acids is 3. The van der Waals surface area contributed by atoms with Crippen molar-refractivity contribution in [2.45, 2.75) is 66.8 Å². The van der Waals surface area contributed by atoms with Crippen LogP contribution in [-0.2, 0) is 14.3 Å². The highest BCUT2D eigenvalue weighted by molar-refractivity contribution is 5.86. The van der Waals surface area contributed by atoms with Gasteiger partial charge in [0.2, 0.25) is 0 Å². The largest absolute Gasteiger partial charge is 0.459 e. The predicted molar refractivity (Wildman–Crippen MR) is 120 cm³/mol. The number of aromatic nitrogens is 2. The molecule has 9 heteroatoms. The molecule has 1 heterocycles. The van der Waals surface area contributed by atoms with Crippen molar-refractivity contribution >= 4 is 18.1 Å². The summed E-state index contributed by atoms with van der Waals surface area (Å²) < 4.78 is 11.4. The Hall–Kier alpha value is -2.84. The molecular weight excluding hydrogens is 412 g/mol. The molecule has 0 spiro atoms. The summed E-state index contributed by atoms with van der Waals surface area (Å²) in [5.74, 6) is -0.514. The van der Waals surface area contributed by atoms with Crippen LogP contribution in [0.25, 0.3) is 0 Å². The number of aryl methyl sites for hydroxylation is 2. The van der Waals surface area contributed by atoms with Crippen LogP contribution in [0.15, 0.2) is 18.2 Å². The van der Waals surface area contributed by atoms with Crippen LogP contribution in [0.5, 0.6) is 0 Å². The van der Waals surface area contributed by atoms with Crippen molar-refractivity contribution in [3.63, 3.8) is 0 Å². The van der Waals surface area contributed by atoms with Crippen molar-refractivity contribution < 1.29 is 23.9 Å². The Labute approximate surface area is 189 Å². The molecule has 0 radical (unpaired) electrons. The lowest BCUT2D eigenvalue weighted by Gasteiger charge is -2.46. The van der Waals surface area contributed by atoms with E-state index in [9.17, 15) is 14.4 Å². The first-order valence-corrected chi connectivity index (χ1v) is 10.9. The Kier molecular flexibility index (Phi) is 8.09. The molecule has 1 fully saturated rings. The Morgan fingerprint density at radius 1 is 1.19 bits per heavy atom. The molecule has 178 valence electrons. The number of alkyl carbamates (subject to hydrolysis) is 1. The Balaban J connectivity index is 1.88. The number of hydrogen-bond acceptors (Lipinski definition) is 6. The molecule has 0 aromatic carbocycles. The zero-order valence-corrected chi connectivity index (χ0v) is 20.0. The molecule has 0 saturated heterocycles. The maximum absolute atomic E-state index is 12.7. The molecule has 1 aliphatic rings. The van der Waals surface area contributed by atoms with Crippen molar-refractivity contribution in [2.75, 3.05) is 19.8 Å². The van der Waals surface area contributed by atoms with Gasteiger partial charge in [-0.3, -0.25) is 0 Å². The molecule has 1 aromatic rings. The lowest BCUT2D eigenvalue weighted by Crippen LogP contribution is -2.51. The van der Waals surface area contributed by atoms with Crippen molar-refractivity contribution in [2.24, 2.45) is 10.8 Å². The van der Waals surface area contributed by atoms with E-state index in [1.807, 2.05) is 19.9 Å². The maximum atomic E-state index is 12.7. The van der Waals surface area contributed by atoms with Gasteiger partial charge < -0.3 is 20.1 Å². The van der Waals surface area contributed by atoms with Gasteiger partial charge >= 0.3 is 18.1 Å². The normalized spacial score (nSPS) is 22.0. The summed E-state index contributed by atoms with van der Waals surface area (Å²) in [5, 5.41) is 10.2. The summed E-state index contributed by atoms with van der Waals surface area (Å²) in [6.07, 6.45) is 1.89. The lowest BCUT2D eigenvalue weighted by molar-refractivity contribution is -0.139. The molecule has 2 atom stereocenters. The fraction of sp³-hybridized carbons (Fsp3) is 0.652. The molecule has 1 aliphatic carbocycles. The minimum Gasteiger partial charge on any atom is -0.459 e. The number of nitrogens with zero attached hydrogens (tertiary/aromatic N) is 2. The molecule has 2 rings (SSSR count). The van der Waals surface area contributed by atoms with Gasteiger partial charge in [-0.1, -0.05) is 27.4 Å². The Morgan fingerprint density at radius 2 is 1.84 bits per heavy atom. The van der Waals surface area contributed by atoms with Crippen LogP contribution in [0.1, 0.15) is 58.3 Å². The van der Waals surface area contributed by atoms with E-state index in [1.165, 1.54) is 4.68 Å². The van der Waals surface area contributed by atoms with Crippen LogP contribution in [0.2, 0.25) is 0 Å². The lowest BCUT2D eigenvalue weighted by atomic mass is 9.62. The van der Waals surface area contributed by atoms with E-state index in [4.69, 9.17) is 9.47 Å². The zero-order valence-electron chi connectivity index (χ0n) is 20.0. The van der Waals surface area contributed by atoms with Gasteiger partial charge in [0, 0.05) is 23.9 Å². The first-order chi connectivity index (χ1) is 14.8. The summed E-state index contributed by atoms with van der Waals surface area (Å²) >= 11 is 0. The molecule has 0 aliphatic heterocycles. The molecule has 2 amide bonds. The predicted octanol–water partition coefficient (Wildman–Crippen LogP) is 3.49. The second kappa shape index (κ2) is 10.2. The molecule has 2 unspecified atom stereocenters. The van der Waals surface area contributed by atoms with E-state index in [-0.39, 0.29) is 36.1 Å². The fourth-order valence-electron chi connectivity index (χ4n) is 4.67. The van der Waals surface area contributed by atoms with Crippen molar-refractivity contribution in [3.8, 4) is 0 Å². The number of hydrogen-bond donors (Lipinski definition) is 2. The quantitative estimate of drug-likeness (QED) is 0.375. The standard InChI is InChI=1S/C23H36N4O5/c1-15(2)19(28)31-8-9-32-21(30)24-14-23(7)12-18(11-22(5,6)13-23)25-20(29)27-17(4)10-16(3)26-27/h10,18H,1,8-9,11-14H2,2-7H3,(H,24,30)(H,25,29). The van der Waals surface area contributed by atoms with Crippen molar-refractivity contribution in [1.29, 1.82) is 0 Å². The minimum atomic E-state index is -0.566. The van der Waals surface area contributed by atoms with Gasteiger partial charge in [0.25, 0.3) is 0 Å². The van der Waals surface area contributed by atoms with Gasteiger partial charge in [-0.05, 0) is 56.9 Å². The zero-order chi connectivity index (χ0) is 24.1. The van der Waals surface area contributed by atoms with Gasteiger partial charge in [-0.25, -0.2) is 14.4 Å². The third-order valence-electron chi connectivity index (χ3n) is 5.53.